The first kappa shape index (κ1) is 15.1. The van der Waals surface area contributed by atoms with E-state index < -0.39 is 0 Å². The van der Waals surface area contributed by atoms with Gasteiger partial charge >= 0.3 is 0 Å². The normalized spacial score (nSPS) is 11.4. The van der Waals surface area contributed by atoms with Crippen LogP contribution in [0, 0.1) is 0 Å². The molecule has 0 fully saturated rings. The highest BCUT2D eigenvalue weighted by Crippen LogP contribution is 2.04. The maximum absolute atomic E-state index is 10.1. The van der Waals surface area contributed by atoms with E-state index in [1.54, 1.807) is 6.92 Å². The SMILES string of the molecule is CCCC(CC=O)OCC.CCO. The monoisotopic (exact) mass is 190 g/mol. The van der Waals surface area contributed by atoms with Crippen LogP contribution in [0.4, 0.5) is 0 Å². The van der Waals surface area contributed by atoms with Crippen LogP contribution in [0.15, 0.2) is 0 Å². The molecule has 0 aromatic carbocycles. The fraction of sp³-hybridized carbons (Fsp3) is 0.900. The van der Waals surface area contributed by atoms with E-state index in [0.717, 1.165) is 19.1 Å². The molecule has 0 aromatic heterocycles. The van der Waals surface area contributed by atoms with Crippen LogP contribution in [-0.2, 0) is 9.53 Å². The largest absolute Gasteiger partial charge is 0.397 e. The second-order valence-corrected chi connectivity index (χ2v) is 2.58. The van der Waals surface area contributed by atoms with E-state index in [1.165, 1.54) is 0 Å². The average Bonchev–Trinajstić information content (AvgIpc) is 2.07. The van der Waals surface area contributed by atoms with Gasteiger partial charge in [-0.3, -0.25) is 0 Å². The minimum Gasteiger partial charge on any atom is -0.397 e. The van der Waals surface area contributed by atoms with E-state index in [9.17, 15) is 4.79 Å². The first-order chi connectivity index (χ1) is 6.26. The van der Waals surface area contributed by atoms with Crippen molar-refractivity contribution in [3.05, 3.63) is 0 Å². The molecule has 0 aliphatic carbocycles. The van der Waals surface area contributed by atoms with Gasteiger partial charge < -0.3 is 14.6 Å². The van der Waals surface area contributed by atoms with Crippen molar-refractivity contribution in [3.8, 4) is 0 Å². The molecule has 0 aliphatic rings. The van der Waals surface area contributed by atoms with Crippen molar-refractivity contribution in [1.29, 1.82) is 0 Å². The molecule has 0 spiro atoms. The summed E-state index contributed by atoms with van der Waals surface area (Å²) in [5, 5.41) is 7.57. The lowest BCUT2D eigenvalue weighted by atomic mass is 10.1. The summed E-state index contributed by atoms with van der Waals surface area (Å²) >= 11 is 0. The Balaban J connectivity index is 0. The van der Waals surface area contributed by atoms with Crippen molar-refractivity contribution in [3.63, 3.8) is 0 Å². The lowest BCUT2D eigenvalue weighted by Gasteiger charge is -2.11. The molecule has 3 nitrogen and oxygen atoms in total. The highest BCUT2D eigenvalue weighted by molar-refractivity contribution is 5.50. The molecule has 0 aromatic rings. The van der Waals surface area contributed by atoms with Crippen LogP contribution in [0.5, 0.6) is 0 Å². The minimum atomic E-state index is 0.160. The summed E-state index contributed by atoms with van der Waals surface area (Å²) in [6.45, 7) is 6.68. The zero-order valence-electron chi connectivity index (χ0n) is 8.95. The van der Waals surface area contributed by atoms with Crippen LogP contribution in [-0.4, -0.2) is 30.7 Å². The van der Waals surface area contributed by atoms with Gasteiger partial charge in [0.05, 0.1) is 6.10 Å². The molecule has 0 rings (SSSR count). The maximum atomic E-state index is 10.1. The van der Waals surface area contributed by atoms with Crippen LogP contribution in [0.1, 0.15) is 40.0 Å². The van der Waals surface area contributed by atoms with Gasteiger partial charge in [-0.1, -0.05) is 13.3 Å². The van der Waals surface area contributed by atoms with Crippen molar-refractivity contribution in [2.45, 2.75) is 46.1 Å². The summed E-state index contributed by atoms with van der Waals surface area (Å²) in [5.41, 5.74) is 0. The molecule has 0 saturated heterocycles. The van der Waals surface area contributed by atoms with Gasteiger partial charge in [-0.25, -0.2) is 0 Å². The lowest BCUT2D eigenvalue weighted by Crippen LogP contribution is -2.12. The van der Waals surface area contributed by atoms with Gasteiger partial charge in [0.1, 0.15) is 6.29 Å². The molecule has 0 saturated carbocycles. The second-order valence-electron chi connectivity index (χ2n) is 2.58. The molecule has 80 valence electrons. The molecule has 3 heteroatoms. The summed E-state index contributed by atoms with van der Waals surface area (Å²) < 4.78 is 5.29. The Kier molecular flexibility index (Phi) is 16.4. The average molecular weight is 190 g/mol. The van der Waals surface area contributed by atoms with Gasteiger partial charge in [-0.2, -0.15) is 0 Å². The molecule has 0 bridgehead atoms. The number of hydrogen-bond acceptors (Lipinski definition) is 3. The lowest BCUT2D eigenvalue weighted by molar-refractivity contribution is -0.110. The zero-order chi connectivity index (χ0) is 10.5. The van der Waals surface area contributed by atoms with Gasteiger partial charge in [0.25, 0.3) is 0 Å². The van der Waals surface area contributed by atoms with Gasteiger partial charge in [0.2, 0.25) is 0 Å². The molecule has 1 atom stereocenters. The number of aldehydes is 1. The van der Waals surface area contributed by atoms with E-state index in [1.807, 2.05) is 6.92 Å². The van der Waals surface area contributed by atoms with Crippen molar-refractivity contribution in [2.75, 3.05) is 13.2 Å². The summed E-state index contributed by atoms with van der Waals surface area (Å²) in [5.74, 6) is 0. The van der Waals surface area contributed by atoms with Crippen LogP contribution in [0.2, 0.25) is 0 Å². The third-order valence-corrected chi connectivity index (χ3v) is 1.37. The van der Waals surface area contributed by atoms with Gasteiger partial charge in [0, 0.05) is 19.6 Å². The Morgan fingerprint density at radius 2 is 1.92 bits per heavy atom. The number of aliphatic hydroxyl groups excluding tert-OH is 1. The predicted octanol–water partition coefficient (Wildman–Crippen LogP) is 1.78. The summed E-state index contributed by atoms with van der Waals surface area (Å²) in [4.78, 5) is 10.1. The van der Waals surface area contributed by atoms with Crippen LogP contribution in [0.3, 0.4) is 0 Å². The van der Waals surface area contributed by atoms with E-state index >= 15 is 0 Å². The number of ether oxygens (including phenoxy) is 1. The smallest absolute Gasteiger partial charge is 0.122 e. The number of hydrogen-bond donors (Lipinski definition) is 1. The third-order valence-electron chi connectivity index (χ3n) is 1.37. The molecule has 0 radical (unpaired) electrons. The number of carbonyl (C=O) groups is 1. The molecular formula is C10H22O3. The Morgan fingerprint density at radius 3 is 2.23 bits per heavy atom. The number of carbonyl (C=O) groups excluding carboxylic acids is 1. The molecule has 0 aliphatic heterocycles. The topological polar surface area (TPSA) is 46.5 Å². The standard InChI is InChI=1S/C8H16O2.C2H6O/c1-3-5-8(6-7-9)10-4-2;1-2-3/h7-8H,3-6H2,1-2H3;3H,2H2,1H3. The van der Waals surface area contributed by atoms with Crippen LogP contribution >= 0.6 is 0 Å². The molecule has 0 heterocycles. The molecule has 1 unspecified atom stereocenters. The third kappa shape index (κ3) is 14.4. The van der Waals surface area contributed by atoms with E-state index in [4.69, 9.17) is 9.84 Å². The van der Waals surface area contributed by atoms with Gasteiger partial charge in [0.15, 0.2) is 0 Å². The highest BCUT2D eigenvalue weighted by Gasteiger charge is 2.04. The van der Waals surface area contributed by atoms with E-state index in [-0.39, 0.29) is 12.7 Å². The van der Waals surface area contributed by atoms with Crippen LogP contribution < -0.4 is 0 Å². The number of rotatable bonds is 6. The Hall–Kier alpha value is -0.410. The molecule has 0 amide bonds. The van der Waals surface area contributed by atoms with Crippen molar-refractivity contribution < 1.29 is 14.6 Å². The van der Waals surface area contributed by atoms with E-state index in [2.05, 4.69) is 6.92 Å². The first-order valence-electron chi connectivity index (χ1n) is 4.92. The molecular weight excluding hydrogens is 168 g/mol. The Morgan fingerprint density at radius 1 is 1.38 bits per heavy atom. The first-order valence-corrected chi connectivity index (χ1v) is 4.92. The zero-order valence-corrected chi connectivity index (χ0v) is 8.95. The fourth-order valence-corrected chi connectivity index (χ4v) is 0.934. The summed E-state index contributed by atoms with van der Waals surface area (Å²) in [7, 11) is 0. The van der Waals surface area contributed by atoms with E-state index in [0.29, 0.717) is 13.0 Å². The quantitative estimate of drug-likeness (QED) is 0.649. The molecule has 1 N–H and O–H groups in total. The molecule has 13 heavy (non-hydrogen) atoms. The Bertz CT molecular complexity index is 88.2. The van der Waals surface area contributed by atoms with Gasteiger partial charge in [-0.05, 0) is 20.3 Å². The minimum absolute atomic E-state index is 0.160. The second kappa shape index (κ2) is 14.1. The maximum Gasteiger partial charge on any atom is 0.122 e. The van der Waals surface area contributed by atoms with Crippen molar-refractivity contribution in [1.82, 2.24) is 0 Å². The predicted molar refractivity (Wildman–Crippen MR) is 53.8 cm³/mol. The summed E-state index contributed by atoms with van der Waals surface area (Å²) in [6.07, 6.45) is 3.70. The summed E-state index contributed by atoms with van der Waals surface area (Å²) in [6, 6.07) is 0. The van der Waals surface area contributed by atoms with Crippen LogP contribution in [0.25, 0.3) is 0 Å². The highest BCUT2D eigenvalue weighted by atomic mass is 16.5. The van der Waals surface area contributed by atoms with Crippen molar-refractivity contribution >= 4 is 6.29 Å². The van der Waals surface area contributed by atoms with Gasteiger partial charge in [-0.15, -0.1) is 0 Å². The Labute approximate surface area is 81.1 Å². The fourth-order valence-electron chi connectivity index (χ4n) is 0.934. The number of aliphatic hydroxyl groups is 1. The van der Waals surface area contributed by atoms with Crippen molar-refractivity contribution in [2.24, 2.45) is 0 Å².